The van der Waals surface area contributed by atoms with Gasteiger partial charge in [0.05, 0.1) is 12.3 Å². The highest BCUT2D eigenvalue weighted by molar-refractivity contribution is 7.89. The molecule has 1 atom stereocenters. The quantitative estimate of drug-likeness (QED) is 0.644. The van der Waals surface area contributed by atoms with Crippen molar-refractivity contribution in [3.8, 4) is 0 Å². The van der Waals surface area contributed by atoms with Crippen molar-refractivity contribution in [3.05, 3.63) is 11.8 Å². The van der Waals surface area contributed by atoms with Crippen LogP contribution in [-0.4, -0.2) is 58.8 Å². The summed E-state index contributed by atoms with van der Waals surface area (Å²) in [5.41, 5.74) is -0.404. The Morgan fingerprint density at radius 1 is 1.61 bits per heavy atom. The number of sulfonamides is 1. The third-order valence-corrected chi connectivity index (χ3v) is 4.20. The van der Waals surface area contributed by atoms with Gasteiger partial charge in [-0.05, 0) is 13.3 Å². The average Bonchev–Trinajstić information content (AvgIpc) is 2.74. The predicted molar refractivity (Wildman–Crippen MR) is 61.7 cm³/mol. The summed E-state index contributed by atoms with van der Waals surface area (Å²) >= 11 is 0. The Bertz CT molecular complexity index is 522. The molecule has 1 aromatic heterocycles. The maximum absolute atomic E-state index is 12.0. The summed E-state index contributed by atoms with van der Waals surface area (Å²) in [7, 11) is -2.63. The van der Waals surface area contributed by atoms with Crippen molar-refractivity contribution in [1.82, 2.24) is 14.5 Å². The molecule has 0 spiro atoms. The van der Waals surface area contributed by atoms with Gasteiger partial charge in [0.1, 0.15) is 5.56 Å². The minimum Gasteiger partial charge on any atom is -0.478 e. The summed E-state index contributed by atoms with van der Waals surface area (Å²) in [5, 5.41) is 23.1. The second-order valence-electron chi connectivity index (χ2n) is 3.88. The van der Waals surface area contributed by atoms with Crippen LogP contribution in [0.25, 0.3) is 0 Å². The van der Waals surface area contributed by atoms with E-state index in [4.69, 9.17) is 10.2 Å². The van der Waals surface area contributed by atoms with E-state index >= 15 is 0 Å². The van der Waals surface area contributed by atoms with Gasteiger partial charge in [0.25, 0.3) is 10.0 Å². The number of hydrogen-bond donors (Lipinski definition) is 3. The zero-order valence-electron chi connectivity index (χ0n) is 9.99. The number of aromatic amines is 1. The van der Waals surface area contributed by atoms with Gasteiger partial charge < -0.3 is 10.2 Å². The lowest BCUT2D eigenvalue weighted by Gasteiger charge is -2.17. The average molecular weight is 277 g/mol. The molecule has 18 heavy (non-hydrogen) atoms. The Morgan fingerprint density at radius 3 is 2.72 bits per heavy atom. The zero-order valence-corrected chi connectivity index (χ0v) is 10.8. The number of rotatable bonds is 6. The summed E-state index contributed by atoms with van der Waals surface area (Å²) in [6, 6.07) is 0. The largest absolute Gasteiger partial charge is 0.478 e. The Balaban J connectivity index is 2.99. The van der Waals surface area contributed by atoms with Crippen LogP contribution < -0.4 is 0 Å². The molecule has 0 aliphatic heterocycles. The van der Waals surface area contributed by atoms with Crippen LogP contribution in [0.3, 0.4) is 0 Å². The van der Waals surface area contributed by atoms with Gasteiger partial charge in [-0.1, -0.05) is 0 Å². The maximum atomic E-state index is 12.0. The summed E-state index contributed by atoms with van der Waals surface area (Å²) in [6.45, 7) is 1.62. The summed E-state index contributed by atoms with van der Waals surface area (Å²) < 4.78 is 25.1. The van der Waals surface area contributed by atoms with Crippen molar-refractivity contribution in [3.63, 3.8) is 0 Å². The molecule has 1 aromatic rings. The number of nitrogens with one attached hydrogen (secondary N) is 1. The number of aliphatic hydroxyl groups is 1. The first-order valence-electron chi connectivity index (χ1n) is 5.18. The summed E-state index contributed by atoms with van der Waals surface area (Å²) in [5.74, 6) is -1.37. The Labute approximate surface area is 104 Å². The zero-order chi connectivity index (χ0) is 13.9. The van der Waals surface area contributed by atoms with E-state index in [0.717, 1.165) is 10.5 Å². The van der Waals surface area contributed by atoms with E-state index in [-0.39, 0.29) is 13.0 Å². The molecule has 0 aliphatic carbocycles. The fourth-order valence-electron chi connectivity index (χ4n) is 1.27. The highest BCUT2D eigenvalue weighted by atomic mass is 32.2. The van der Waals surface area contributed by atoms with Crippen LogP contribution in [0.1, 0.15) is 23.7 Å². The first-order chi connectivity index (χ1) is 8.26. The molecule has 0 bridgehead atoms. The molecule has 1 heterocycles. The molecular weight excluding hydrogens is 262 g/mol. The second kappa shape index (κ2) is 5.46. The van der Waals surface area contributed by atoms with E-state index < -0.39 is 32.7 Å². The van der Waals surface area contributed by atoms with Gasteiger partial charge in [-0.15, -0.1) is 0 Å². The number of nitrogens with zero attached hydrogens (tertiary/aromatic N) is 2. The highest BCUT2D eigenvalue weighted by Gasteiger charge is 2.28. The fraction of sp³-hybridized carbons (Fsp3) is 0.556. The van der Waals surface area contributed by atoms with E-state index in [0.29, 0.717) is 0 Å². The number of hydrogen-bond acceptors (Lipinski definition) is 5. The molecule has 0 fully saturated rings. The van der Waals surface area contributed by atoms with E-state index in [1.807, 2.05) is 0 Å². The van der Waals surface area contributed by atoms with Crippen LogP contribution in [0.2, 0.25) is 0 Å². The molecule has 0 aliphatic rings. The topological polar surface area (TPSA) is 124 Å². The molecule has 1 rings (SSSR count). The normalized spacial score (nSPS) is 13.8. The number of carboxylic acid groups (broad SMARTS) is 1. The number of aromatic carboxylic acids is 1. The maximum Gasteiger partial charge on any atom is 0.340 e. The van der Waals surface area contributed by atoms with Crippen LogP contribution in [0.5, 0.6) is 0 Å². The summed E-state index contributed by atoms with van der Waals surface area (Å²) in [4.78, 5) is 10.8. The van der Waals surface area contributed by atoms with Crippen molar-refractivity contribution < 1.29 is 23.4 Å². The van der Waals surface area contributed by atoms with Gasteiger partial charge in [-0.25, -0.2) is 13.2 Å². The Morgan fingerprint density at radius 2 is 2.22 bits per heavy atom. The molecule has 0 amide bonds. The van der Waals surface area contributed by atoms with Crippen molar-refractivity contribution in [1.29, 1.82) is 0 Å². The Hall–Kier alpha value is -1.45. The lowest BCUT2D eigenvalue weighted by Crippen LogP contribution is -2.30. The molecule has 8 nitrogen and oxygen atoms in total. The van der Waals surface area contributed by atoms with Crippen LogP contribution in [0, 0.1) is 0 Å². The van der Waals surface area contributed by atoms with E-state index in [9.17, 15) is 13.2 Å². The molecular formula is C9H15N3O5S. The lowest BCUT2D eigenvalue weighted by molar-refractivity contribution is 0.0692. The number of aromatic nitrogens is 2. The van der Waals surface area contributed by atoms with Gasteiger partial charge >= 0.3 is 5.97 Å². The van der Waals surface area contributed by atoms with E-state index in [1.165, 1.54) is 7.05 Å². The van der Waals surface area contributed by atoms with Crippen LogP contribution in [0.4, 0.5) is 0 Å². The van der Waals surface area contributed by atoms with Gasteiger partial charge in [0, 0.05) is 13.6 Å². The minimum absolute atomic E-state index is 0.0814. The third-order valence-electron chi connectivity index (χ3n) is 2.36. The molecule has 1 unspecified atom stereocenters. The van der Waals surface area contributed by atoms with Crippen LogP contribution in [0.15, 0.2) is 11.2 Å². The molecule has 0 radical (unpaired) electrons. The van der Waals surface area contributed by atoms with E-state index in [2.05, 4.69) is 10.2 Å². The fourth-order valence-corrected chi connectivity index (χ4v) is 2.51. The predicted octanol–water partition coefficient (Wildman–Crippen LogP) is -0.501. The van der Waals surface area contributed by atoms with Crippen molar-refractivity contribution in [2.45, 2.75) is 24.5 Å². The first-order valence-corrected chi connectivity index (χ1v) is 6.62. The highest BCUT2D eigenvalue weighted by Crippen LogP contribution is 2.16. The number of carboxylic acids is 1. The minimum atomic E-state index is -3.94. The van der Waals surface area contributed by atoms with Gasteiger partial charge in [-0.3, -0.25) is 5.10 Å². The van der Waals surface area contributed by atoms with Gasteiger partial charge in [-0.2, -0.15) is 9.40 Å². The monoisotopic (exact) mass is 277 g/mol. The summed E-state index contributed by atoms with van der Waals surface area (Å²) in [6.07, 6.45) is 0.563. The van der Waals surface area contributed by atoms with Crippen molar-refractivity contribution >= 4 is 16.0 Å². The lowest BCUT2D eigenvalue weighted by atomic mass is 10.3. The molecule has 0 aromatic carbocycles. The van der Waals surface area contributed by atoms with Crippen molar-refractivity contribution in [2.24, 2.45) is 0 Å². The second-order valence-corrected chi connectivity index (χ2v) is 5.86. The molecule has 0 saturated carbocycles. The van der Waals surface area contributed by atoms with Gasteiger partial charge in [0.2, 0.25) is 0 Å². The van der Waals surface area contributed by atoms with Crippen LogP contribution >= 0.6 is 0 Å². The van der Waals surface area contributed by atoms with E-state index in [1.54, 1.807) is 6.92 Å². The molecule has 9 heteroatoms. The van der Waals surface area contributed by atoms with Crippen LogP contribution in [-0.2, 0) is 10.0 Å². The molecule has 3 N–H and O–H groups in total. The smallest absolute Gasteiger partial charge is 0.340 e. The Kier molecular flexibility index (Phi) is 4.43. The number of carbonyl (C=O) groups is 1. The third kappa shape index (κ3) is 3.06. The molecule has 0 saturated heterocycles. The number of aliphatic hydroxyl groups excluding tert-OH is 1. The standard InChI is InChI=1S/C9H15N3O5S/c1-6(13)3-4-12(2)18(16,17)8-7(9(14)15)5-10-11-8/h5-6,13H,3-4H2,1-2H3,(H,10,11)(H,14,15). The SMILES string of the molecule is CC(O)CCN(C)S(=O)(=O)c1[nH]ncc1C(=O)O. The number of H-pyrrole nitrogens is 1. The van der Waals surface area contributed by atoms with Crippen molar-refractivity contribution in [2.75, 3.05) is 13.6 Å². The first kappa shape index (κ1) is 14.6. The van der Waals surface area contributed by atoms with Gasteiger partial charge in [0.15, 0.2) is 5.03 Å². The molecule has 102 valence electrons.